The summed E-state index contributed by atoms with van der Waals surface area (Å²) >= 11 is 0. The molecule has 4 aromatic rings. The van der Waals surface area contributed by atoms with E-state index < -0.39 is 0 Å². The Morgan fingerprint density at radius 1 is 0.769 bits per heavy atom. The number of benzene rings is 3. The number of rotatable bonds is 3. The Balaban J connectivity index is 1.68. The summed E-state index contributed by atoms with van der Waals surface area (Å²) in [6.45, 7) is 1.93. The minimum atomic E-state index is 0.910. The summed E-state index contributed by atoms with van der Waals surface area (Å²) in [6, 6.07) is 29.9. The van der Waals surface area contributed by atoms with Crippen LogP contribution >= 0.6 is 0 Å². The van der Waals surface area contributed by atoms with Crippen molar-refractivity contribution in [2.75, 3.05) is 11.4 Å². The summed E-state index contributed by atoms with van der Waals surface area (Å²) in [7, 11) is 0. The third kappa shape index (κ3) is 2.55. The van der Waals surface area contributed by atoms with Crippen molar-refractivity contribution in [2.45, 2.75) is 13.0 Å². The molecule has 0 saturated carbocycles. The average molecular weight is 336 g/mol. The zero-order valence-electron chi connectivity index (χ0n) is 14.6. The van der Waals surface area contributed by atoms with Gasteiger partial charge in [-0.05, 0) is 29.2 Å². The van der Waals surface area contributed by atoms with E-state index in [0.29, 0.717) is 0 Å². The van der Waals surface area contributed by atoms with Gasteiger partial charge in [-0.15, -0.1) is 0 Å². The zero-order valence-corrected chi connectivity index (χ0v) is 14.6. The molecule has 0 unspecified atom stereocenters. The van der Waals surface area contributed by atoms with Gasteiger partial charge >= 0.3 is 0 Å². The fraction of sp³-hybridized carbons (Fsp3) is 0.125. The van der Waals surface area contributed by atoms with Crippen molar-refractivity contribution in [3.8, 4) is 11.1 Å². The summed E-state index contributed by atoms with van der Waals surface area (Å²) in [5.41, 5.74) is 6.41. The molecular formula is C24H20N2. The topological polar surface area (TPSA) is 16.1 Å². The Morgan fingerprint density at radius 3 is 2.27 bits per heavy atom. The lowest BCUT2D eigenvalue weighted by atomic mass is 9.95. The molecule has 2 heteroatoms. The maximum atomic E-state index is 5.05. The van der Waals surface area contributed by atoms with Crippen LogP contribution in [0.15, 0.2) is 84.9 Å². The van der Waals surface area contributed by atoms with Gasteiger partial charge in [0.05, 0.1) is 5.52 Å². The number of aromatic nitrogens is 1. The third-order valence-corrected chi connectivity index (χ3v) is 5.18. The maximum Gasteiger partial charge on any atom is 0.133 e. The van der Waals surface area contributed by atoms with Gasteiger partial charge in [0.1, 0.15) is 5.82 Å². The number of nitrogens with zero attached hydrogens (tertiary/aromatic N) is 2. The monoisotopic (exact) mass is 336 g/mol. The van der Waals surface area contributed by atoms with Gasteiger partial charge in [0.25, 0.3) is 0 Å². The van der Waals surface area contributed by atoms with Gasteiger partial charge in [0.15, 0.2) is 0 Å². The second kappa shape index (κ2) is 6.30. The van der Waals surface area contributed by atoms with Crippen LogP contribution in [0, 0.1) is 0 Å². The van der Waals surface area contributed by atoms with Crippen LogP contribution in [0.4, 0.5) is 5.82 Å². The molecule has 2 nitrogen and oxygen atoms in total. The van der Waals surface area contributed by atoms with Gasteiger partial charge in [0, 0.05) is 24.0 Å². The number of fused-ring (bicyclic) bond motifs is 2. The van der Waals surface area contributed by atoms with E-state index in [-0.39, 0.29) is 0 Å². The van der Waals surface area contributed by atoms with Crippen molar-refractivity contribution >= 4 is 16.7 Å². The molecule has 2 heterocycles. The molecule has 5 rings (SSSR count). The highest BCUT2D eigenvalue weighted by molar-refractivity contribution is 5.99. The molecule has 0 atom stereocenters. The second-order valence-electron chi connectivity index (χ2n) is 6.83. The van der Waals surface area contributed by atoms with Crippen LogP contribution in [0.3, 0.4) is 0 Å². The Hall–Kier alpha value is -3.13. The van der Waals surface area contributed by atoms with Crippen molar-refractivity contribution in [1.29, 1.82) is 0 Å². The third-order valence-electron chi connectivity index (χ3n) is 5.18. The Morgan fingerprint density at radius 2 is 1.46 bits per heavy atom. The lowest BCUT2D eigenvalue weighted by molar-refractivity contribution is 0.827. The molecular weight excluding hydrogens is 316 g/mol. The minimum Gasteiger partial charge on any atom is -0.352 e. The van der Waals surface area contributed by atoms with Gasteiger partial charge in [-0.3, -0.25) is 0 Å². The van der Waals surface area contributed by atoms with Gasteiger partial charge in [0.2, 0.25) is 0 Å². The standard InChI is InChI=1S/C24H20N2/c1-3-9-18(10-4-1)17-26-16-15-21-23(19-11-5-2-6-12-19)20-13-7-8-14-22(20)25-24(21)26/h1-14H,15-17H2. The van der Waals surface area contributed by atoms with Crippen molar-refractivity contribution < 1.29 is 0 Å². The predicted octanol–water partition coefficient (Wildman–Crippen LogP) is 5.46. The smallest absolute Gasteiger partial charge is 0.133 e. The lowest BCUT2D eigenvalue weighted by Crippen LogP contribution is -2.20. The molecule has 0 N–H and O–H groups in total. The second-order valence-corrected chi connectivity index (χ2v) is 6.83. The van der Waals surface area contributed by atoms with E-state index in [1.54, 1.807) is 0 Å². The number of anilines is 1. The maximum absolute atomic E-state index is 5.05. The molecule has 0 amide bonds. The highest BCUT2D eigenvalue weighted by atomic mass is 15.2. The lowest BCUT2D eigenvalue weighted by Gasteiger charge is -2.20. The van der Waals surface area contributed by atoms with E-state index in [1.807, 2.05) is 0 Å². The van der Waals surface area contributed by atoms with Crippen molar-refractivity contribution in [3.05, 3.63) is 96.1 Å². The largest absolute Gasteiger partial charge is 0.352 e. The first-order valence-electron chi connectivity index (χ1n) is 9.16. The molecule has 0 aliphatic carbocycles. The van der Waals surface area contributed by atoms with Crippen LogP contribution in [0.5, 0.6) is 0 Å². The van der Waals surface area contributed by atoms with Gasteiger partial charge < -0.3 is 4.90 Å². The van der Waals surface area contributed by atoms with Crippen LogP contribution in [0.2, 0.25) is 0 Å². The zero-order chi connectivity index (χ0) is 17.3. The van der Waals surface area contributed by atoms with E-state index >= 15 is 0 Å². The van der Waals surface area contributed by atoms with Crippen molar-refractivity contribution in [2.24, 2.45) is 0 Å². The number of para-hydroxylation sites is 1. The Labute approximate surface area is 153 Å². The fourth-order valence-electron chi connectivity index (χ4n) is 3.98. The first-order valence-corrected chi connectivity index (χ1v) is 9.16. The van der Waals surface area contributed by atoms with E-state index in [4.69, 9.17) is 4.98 Å². The minimum absolute atomic E-state index is 0.910. The molecule has 1 aliphatic heterocycles. The van der Waals surface area contributed by atoms with Crippen LogP contribution in [-0.4, -0.2) is 11.5 Å². The predicted molar refractivity (Wildman–Crippen MR) is 108 cm³/mol. The molecule has 1 aromatic heterocycles. The molecule has 26 heavy (non-hydrogen) atoms. The first kappa shape index (κ1) is 15.2. The summed E-state index contributed by atoms with van der Waals surface area (Å²) in [5.74, 6) is 1.14. The van der Waals surface area contributed by atoms with Crippen LogP contribution in [-0.2, 0) is 13.0 Å². The number of hydrogen-bond acceptors (Lipinski definition) is 2. The van der Waals surface area contributed by atoms with E-state index in [1.165, 1.54) is 27.6 Å². The highest BCUT2D eigenvalue weighted by Crippen LogP contribution is 2.40. The quantitative estimate of drug-likeness (QED) is 0.493. The normalized spacial score (nSPS) is 13.2. The number of hydrogen-bond donors (Lipinski definition) is 0. The molecule has 1 aliphatic rings. The number of pyridine rings is 1. The summed E-state index contributed by atoms with van der Waals surface area (Å²) in [6.07, 6.45) is 1.05. The van der Waals surface area contributed by atoms with Crippen LogP contribution < -0.4 is 4.90 Å². The van der Waals surface area contributed by atoms with Crippen molar-refractivity contribution in [1.82, 2.24) is 4.98 Å². The molecule has 0 radical (unpaired) electrons. The van der Waals surface area contributed by atoms with E-state index in [0.717, 1.165) is 30.8 Å². The van der Waals surface area contributed by atoms with Crippen molar-refractivity contribution in [3.63, 3.8) is 0 Å². The summed E-state index contributed by atoms with van der Waals surface area (Å²) in [5, 5.41) is 1.25. The summed E-state index contributed by atoms with van der Waals surface area (Å²) < 4.78 is 0. The van der Waals surface area contributed by atoms with Gasteiger partial charge in [-0.1, -0.05) is 78.9 Å². The molecule has 0 fully saturated rings. The molecule has 0 bridgehead atoms. The fourth-order valence-corrected chi connectivity index (χ4v) is 3.98. The summed E-state index contributed by atoms with van der Waals surface area (Å²) in [4.78, 5) is 7.47. The van der Waals surface area contributed by atoms with Gasteiger partial charge in [-0.2, -0.15) is 0 Å². The molecule has 0 saturated heterocycles. The molecule has 126 valence electrons. The first-order chi connectivity index (χ1) is 12.9. The molecule has 3 aromatic carbocycles. The van der Waals surface area contributed by atoms with Crippen LogP contribution in [0.1, 0.15) is 11.1 Å². The SMILES string of the molecule is c1ccc(CN2CCc3c2nc2ccccc2c3-c2ccccc2)cc1. The Bertz CT molecular complexity index is 1060. The molecule has 0 spiro atoms. The van der Waals surface area contributed by atoms with E-state index in [2.05, 4.69) is 89.8 Å². The average Bonchev–Trinajstić information content (AvgIpc) is 3.10. The van der Waals surface area contributed by atoms with Gasteiger partial charge in [-0.25, -0.2) is 4.98 Å². The van der Waals surface area contributed by atoms with E-state index in [9.17, 15) is 0 Å². The Kier molecular flexibility index (Phi) is 3.67. The van der Waals surface area contributed by atoms with Crippen LogP contribution in [0.25, 0.3) is 22.0 Å². The highest BCUT2D eigenvalue weighted by Gasteiger charge is 2.26.